The predicted molar refractivity (Wildman–Crippen MR) is 80.9 cm³/mol. The Morgan fingerprint density at radius 3 is 2.81 bits per heavy atom. The molecule has 0 spiro atoms. The highest BCUT2D eigenvalue weighted by atomic mass is 16.2. The van der Waals surface area contributed by atoms with Crippen LogP contribution in [-0.4, -0.2) is 21.7 Å². The molecule has 3 rings (SSSR count). The third-order valence-electron chi connectivity index (χ3n) is 3.97. The largest absolute Gasteiger partial charge is 0.346 e. The predicted octanol–water partition coefficient (Wildman–Crippen LogP) is 1.82. The fourth-order valence-electron chi connectivity index (χ4n) is 2.76. The van der Waals surface area contributed by atoms with E-state index in [-0.39, 0.29) is 24.0 Å². The van der Waals surface area contributed by atoms with Gasteiger partial charge in [-0.3, -0.25) is 9.48 Å². The highest BCUT2D eigenvalue weighted by Gasteiger charge is 2.31. The van der Waals surface area contributed by atoms with Crippen molar-refractivity contribution in [1.29, 1.82) is 0 Å². The van der Waals surface area contributed by atoms with E-state index in [4.69, 9.17) is 5.73 Å². The van der Waals surface area contributed by atoms with E-state index in [1.165, 1.54) is 5.56 Å². The zero-order valence-electron chi connectivity index (χ0n) is 12.3. The highest BCUT2D eigenvalue weighted by molar-refractivity contribution is 5.92. The molecule has 110 valence electrons. The summed E-state index contributed by atoms with van der Waals surface area (Å²) in [4.78, 5) is 12.3. The number of hydrogen-bond acceptors (Lipinski definition) is 3. The molecule has 0 fully saturated rings. The van der Waals surface area contributed by atoms with Gasteiger partial charge in [-0.1, -0.05) is 24.3 Å². The minimum atomic E-state index is -0.164. The molecule has 2 aromatic rings. The van der Waals surface area contributed by atoms with Crippen LogP contribution < -0.4 is 11.1 Å². The zero-order chi connectivity index (χ0) is 15.0. The van der Waals surface area contributed by atoms with Crippen molar-refractivity contribution in [2.45, 2.75) is 38.4 Å². The topological polar surface area (TPSA) is 72.9 Å². The van der Waals surface area contributed by atoms with E-state index in [1.54, 1.807) is 10.7 Å². The summed E-state index contributed by atoms with van der Waals surface area (Å²) < 4.78 is 1.78. The van der Waals surface area contributed by atoms with Crippen LogP contribution in [0.2, 0.25) is 0 Å². The number of nitrogens with zero attached hydrogens (tertiary/aromatic N) is 2. The molecule has 3 N–H and O–H groups in total. The minimum absolute atomic E-state index is 0.0703. The van der Waals surface area contributed by atoms with Gasteiger partial charge in [0.25, 0.3) is 5.91 Å². The van der Waals surface area contributed by atoms with Crippen LogP contribution in [0.3, 0.4) is 0 Å². The summed E-state index contributed by atoms with van der Waals surface area (Å²) in [5.74, 6) is -0.164. The Hall–Kier alpha value is -2.14. The number of fused-ring (bicyclic) bond motifs is 1. The van der Waals surface area contributed by atoms with Gasteiger partial charge in [0, 0.05) is 12.2 Å². The lowest BCUT2D eigenvalue weighted by atomic mass is 10.1. The quantitative estimate of drug-likeness (QED) is 0.903. The van der Waals surface area contributed by atoms with Crippen LogP contribution in [0.4, 0.5) is 0 Å². The maximum Gasteiger partial charge on any atom is 0.272 e. The molecular weight excluding hydrogens is 264 g/mol. The Morgan fingerprint density at radius 2 is 2.14 bits per heavy atom. The van der Waals surface area contributed by atoms with Gasteiger partial charge >= 0.3 is 0 Å². The van der Waals surface area contributed by atoms with Crippen molar-refractivity contribution in [3.05, 3.63) is 53.3 Å². The average Bonchev–Trinajstić information content (AvgIpc) is 3.06. The van der Waals surface area contributed by atoms with Crippen molar-refractivity contribution in [3.8, 4) is 0 Å². The fourth-order valence-corrected chi connectivity index (χ4v) is 2.76. The van der Waals surface area contributed by atoms with E-state index in [2.05, 4.69) is 16.5 Å². The first-order valence-electron chi connectivity index (χ1n) is 7.25. The number of benzene rings is 1. The summed E-state index contributed by atoms with van der Waals surface area (Å²) in [6, 6.07) is 9.83. The molecule has 0 aliphatic heterocycles. The van der Waals surface area contributed by atoms with Gasteiger partial charge in [0.15, 0.2) is 0 Å². The summed E-state index contributed by atoms with van der Waals surface area (Å²) in [7, 11) is 0. The Balaban J connectivity index is 1.71. The van der Waals surface area contributed by atoms with E-state index in [0.29, 0.717) is 5.69 Å². The molecule has 1 aromatic carbocycles. The van der Waals surface area contributed by atoms with Crippen LogP contribution in [0.25, 0.3) is 0 Å². The van der Waals surface area contributed by atoms with Gasteiger partial charge in [-0.15, -0.1) is 0 Å². The van der Waals surface area contributed by atoms with Crippen LogP contribution in [0.1, 0.15) is 47.5 Å². The molecule has 0 saturated carbocycles. The molecule has 1 aliphatic carbocycles. The third kappa shape index (κ3) is 2.56. The molecule has 5 heteroatoms. The second-order valence-electron chi connectivity index (χ2n) is 5.78. The zero-order valence-corrected chi connectivity index (χ0v) is 12.3. The summed E-state index contributed by atoms with van der Waals surface area (Å²) in [5, 5.41) is 7.29. The lowest BCUT2D eigenvalue weighted by Crippen LogP contribution is -2.40. The molecule has 5 nitrogen and oxygen atoms in total. The first-order chi connectivity index (χ1) is 10.1. The van der Waals surface area contributed by atoms with Gasteiger partial charge in [-0.05, 0) is 37.5 Å². The van der Waals surface area contributed by atoms with E-state index in [1.807, 2.05) is 38.2 Å². The number of amides is 1. The smallest absolute Gasteiger partial charge is 0.272 e. The third-order valence-corrected chi connectivity index (χ3v) is 3.97. The second kappa shape index (κ2) is 5.33. The van der Waals surface area contributed by atoms with Crippen LogP contribution in [0, 0.1) is 0 Å². The number of carbonyl (C=O) groups is 1. The van der Waals surface area contributed by atoms with Crippen molar-refractivity contribution in [2.24, 2.45) is 5.73 Å². The molecule has 0 bridgehead atoms. The van der Waals surface area contributed by atoms with Crippen LogP contribution in [-0.2, 0) is 6.42 Å². The summed E-state index contributed by atoms with van der Waals surface area (Å²) in [5.41, 5.74) is 9.00. The van der Waals surface area contributed by atoms with Crippen molar-refractivity contribution in [3.63, 3.8) is 0 Å². The van der Waals surface area contributed by atoms with E-state index >= 15 is 0 Å². The van der Waals surface area contributed by atoms with Crippen molar-refractivity contribution < 1.29 is 4.79 Å². The molecular formula is C16H20N4O. The number of nitrogens with one attached hydrogen (secondary N) is 1. The Labute approximate surface area is 124 Å². The van der Waals surface area contributed by atoms with Gasteiger partial charge in [-0.25, -0.2) is 0 Å². The fraction of sp³-hybridized carbons (Fsp3) is 0.375. The lowest BCUT2D eigenvalue weighted by Gasteiger charge is -2.17. The average molecular weight is 284 g/mol. The summed E-state index contributed by atoms with van der Waals surface area (Å²) in [6.45, 7) is 4.05. The molecule has 1 aliphatic rings. The lowest BCUT2D eigenvalue weighted by molar-refractivity contribution is 0.0927. The maximum absolute atomic E-state index is 12.3. The van der Waals surface area contributed by atoms with Crippen molar-refractivity contribution in [2.75, 3.05) is 0 Å². The van der Waals surface area contributed by atoms with Gasteiger partial charge in [0.1, 0.15) is 5.69 Å². The van der Waals surface area contributed by atoms with Crippen molar-refractivity contribution >= 4 is 5.91 Å². The second-order valence-corrected chi connectivity index (χ2v) is 5.78. The first kappa shape index (κ1) is 13.8. The van der Waals surface area contributed by atoms with E-state index in [0.717, 1.165) is 12.0 Å². The number of aromatic nitrogens is 2. The monoisotopic (exact) mass is 284 g/mol. The number of hydrogen-bond donors (Lipinski definition) is 2. The number of carbonyl (C=O) groups excluding carboxylic acids is 1. The van der Waals surface area contributed by atoms with Crippen LogP contribution in [0.5, 0.6) is 0 Å². The molecule has 0 radical (unpaired) electrons. The van der Waals surface area contributed by atoms with E-state index < -0.39 is 0 Å². The molecule has 1 aromatic heterocycles. The Kier molecular flexibility index (Phi) is 3.51. The van der Waals surface area contributed by atoms with Crippen LogP contribution in [0.15, 0.2) is 36.5 Å². The molecule has 0 unspecified atom stereocenters. The van der Waals surface area contributed by atoms with Gasteiger partial charge in [0.05, 0.1) is 12.1 Å². The SMILES string of the molecule is CC(C)n1ccc(C(=O)N[C@@H]2Cc3ccccc3[C@H]2N)n1. The summed E-state index contributed by atoms with van der Waals surface area (Å²) in [6.07, 6.45) is 2.59. The first-order valence-corrected chi connectivity index (χ1v) is 7.25. The molecule has 1 amide bonds. The number of nitrogens with two attached hydrogens (primary N) is 1. The molecule has 2 atom stereocenters. The molecule has 21 heavy (non-hydrogen) atoms. The molecule has 1 heterocycles. The molecule has 0 saturated heterocycles. The van der Waals surface area contributed by atoms with E-state index in [9.17, 15) is 4.79 Å². The highest BCUT2D eigenvalue weighted by Crippen LogP contribution is 2.29. The number of rotatable bonds is 3. The standard InChI is InChI=1S/C16H20N4O/c1-10(2)20-8-7-13(19-20)16(21)18-14-9-11-5-3-4-6-12(11)15(14)17/h3-8,10,14-15H,9,17H2,1-2H3,(H,18,21)/t14-,15-/m1/s1. The van der Waals surface area contributed by atoms with Gasteiger partial charge in [0.2, 0.25) is 0 Å². The van der Waals surface area contributed by atoms with Crippen LogP contribution >= 0.6 is 0 Å². The van der Waals surface area contributed by atoms with Crippen molar-refractivity contribution in [1.82, 2.24) is 15.1 Å². The summed E-state index contributed by atoms with van der Waals surface area (Å²) >= 11 is 0. The van der Waals surface area contributed by atoms with Gasteiger partial charge < -0.3 is 11.1 Å². The minimum Gasteiger partial charge on any atom is -0.346 e. The maximum atomic E-state index is 12.3. The Morgan fingerprint density at radius 1 is 1.38 bits per heavy atom. The van der Waals surface area contributed by atoms with Gasteiger partial charge in [-0.2, -0.15) is 5.10 Å². The Bertz CT molecular complexity index is 662. The normalized spacial score (nSPS) is 20.6.